The highest BCUT2D eigenvalue weighted by atomic mass is 32.2. The van der Waals surface area contributed by atoms with E-state index in [9.17, 15) is 8.42 Å². The predicted octanol–water partition coefficient (Wildman–Crippen LogP) is -0.643. The summed E-state index contributed by atoms with van der Waals surface area (Å²) in [6.45, 7) is 3.05. The van der Waals surface area contributed by atoms with E-state index in [1.807, 2.05) is 0 Å². The summed E-state index contributed by atoms with van der Waals surface area (Å²) >= 11 is 0. The molecule has 0 spiro atoms. The Bertz CT molecular complexity index is 570. The smallest absolute Gasteiger partial charge is 0.243 e. The van der Waals surface area contributed by atoms with Crippen LogP contribution in [0.3, 0.4) is 0 Å². The van der Waals surface area contributed by atoms with E-state index in [0.717, 1.165) is 32.4 Å². The number of hydrogen-bond acceptors (Lipinski definition) is 5. The highest BCUT2D eigenvalue weighted by Gasteiger charge is 2.39. The lowest BCUT2D eigenvalue weighted by Crippen LogP contribution is -2.42. The molecule has 1 aromatic rings. The number of aromatic nitrogens is 2. The highest BCUT2D eigenvalue weighted by Crippen LogP contribution is 2.28. The van der Waals surface area contributed by atoms with Crippen molar-refractivity contribution < 1.29 is 8.42 Å². The average molecular weight is 299 g/mol. The molecule has 8 heteroatoms. The van der Waals surface area contributed by atoms with Gasteiger partial charge in [0.2, 0.25) is 10.0 Å². The van der Waals surface area contributed by atoms with Gasteiger partial charge in [0.05, 0.1) is 12.7 Å². The van der Waals surface area contributed by atoms with E-state index in [4.69, 9.17) is 5.73 Å². The average Bonchev–Trinajstić information content (AvgIpc) is 3.07. The zero-order valence-corrected chi connectivity index (χ0v) is 12.2. The van der Waals surface area contributed by atoms with Gasteiger partial charge in [-0.2, -0.15) is 5.10 Å². The molecule has 20 heavy (non-hydrogen) atoms. The lowest BCUT2D eigenvalue weighted by Gasteiger charge is -2.20. The number of nitrogens with two attached hydrogens (primary N) is 1. The van der Waals surface area contributed by atoms with Gasteiger partial charge < -0.3 is 5.73 Å². The first-order chi connectivity index (χ1) is 9.60. The first-order valence-electron chi connectivity index (χ1n) is 7.09. The molecule has 2 fully saturated rings. The number of hydrogen-bond donors (Lipinski definition) is 2. The molecular formula is C12H21N5O2S. The van der Waals surface area contributed by atoms with Gasteiger partial charge in [-0.3, -0.25) is 9.58 Å². The minimum Gasteiger partial charge on any atom is -0.329 e. The molecule has 2 saturated heterocycles. The van der Waals surface area contributed by atoms with Crippen LogP contribution in [0.4, 0.5) is 0 Å². The zero-order valence-electron chi connectivity index (χ0n) is 11.4. The van der Waals surface area contributed by atoms with Crippen LogP contribution in [0.1, 0.15) is 19.3 Å². The van der Waals surface area contributed by atoms with Crippen molar-refractivity contribution in [3.63, 3.8) is 0 Å². The van der Waals surface area contributed by atoms with E-state index in [1.54, 1.807) is 4.68 Å². The maximum atomic E-state index is 12.4. The van der Waals surface area contributed by atoms with Gasteiger partial charge in [-0.1, -0.05) is 0 Å². The van der Waals surface area contributed by atoms with Gasteiger partial charge in [-0.15, -0.1) is 0 Å². The third-order valence-corrected chi connectivity index (χ3v) is 5.64. The summed E-state index contributed by atoms with van der Waals surface area (Å²) in [5, 5.41) is 4.02. The Labute approximate surface area is 119 Å². The molecule has 7 nitrogen and oxygen atoms in total. The fraction of sp³-hybridized carbons (Fsp3) is 0.750. The van der Waals surface area contributed by atoms with Gasteiger partial charge >= 0.3 is 0 Å². The second-order valence-corrected chi connectivity index (χ2v) is 7.20. The Balaban J connectivity index is 1.71. The molecule has 1 aromatic heterocycles. The van der Waals surface area contributed by atoms with Crippen LogP contribution in [0.5, 0.6) is 0 Å². The van der Waals surface area contributed by atoms with Crippen LogP contribution in [0.2, 0.25) is 0 Å². The second kappa shape index (κ2) is 5.44. The summed E-state index contributed by atoms with van der Waals surface area (Å²) in [6, 6.07) is 0.393. The largest absolute Gasteiger partial charge is 0.329 e. The quantitative estimate of drug-likeness (QED) is 0.754. The van der Waals surface area contributed by atoms with Gasteiger partial charge in [0.1, 0.15) is 4.90 Å². The Morgan fingerprint density at radius 1 is 1.40 bits per heavy atom. The maximum absolute atomic E-state index is 12.4. The van der Waals surface area contributed by atoms with E-state index >= 15 is 0 Å². The summed E-state index contributed by atoms with van der Waals surface area (Å²) < 4.78 is 29.2. The van der Waals surface area contributed by atoms with Gasteiger partial charge in [-0.05, 0) is 25.8 Å². The summed E-state index contributed by atoms with van der Waals surface area (Å²) in [4.78, 5) is 2.60. The fourth-order valence-electron chi connectivity index (χ4n) is 3.23. The van der Waals surface area contributed by atoms with Crippen molar-refractivity contribution >= 4 is 10.0 Å². The van der Waals surface area contributed by atoms with Crippen LogP contribution in [-0.4, -0.2) is 54.8 Å². The molecule has 0 bridgehead atoms. The van der Waals surface area contributed by atoms with Crippen molar-refractivity contribution in [3.8, 4) is 0 Å². The molecule has 2 aliphatic heterocycles. The van der Waals surface area contributed by atoms with Gasteiger partial charge in [-0.25, -0.2) is 13.1 Å². The summed E-state index contributed by atoms with van der Waals surface area (Å²) in [5.74, 6) is 0. The van der Waals surface area contributed by atoms with E-state index in [0.29, 0.717) is 19.1 Å². The minimum atomic E-state index is -3.48. The lowest BCUT2D eigenvalue weighted by atomic mass is 10.1. The van der Waals surface area contributed by atoms with Crippen LogP contribution >= 0.6 is 0 Å². The monoisotopic (exact) mass is 299 g/mol. The topological polar surface area (TPSA) is 93.2 Å². The molecule has 112 valence electrons. The van der Waals surface area contributed by atoms with Crippen molar-refractivity contribution in [1.82, 2.24) is 19.4 Å². The molecule has 3 rings (SSSR count). The Morgan fingerprint density at radius 3 is 3.05 bits per heavy atom. The zero-order chi connectivity index (χ0) is 14.2. The Kier molecular flexibility index (Phi) is 3.80. The molecule has 0 radical (unpaired) electrons. The van der Waals surface area contributed by atoms with Crippen LogP contribution in [0.25, 0.3) is 0 Å². The molecule has 2 aliphatic rings. The van der Waals surface area contributed by atoms with Crippen LogP contribution in [0.15, 0.2) is 17.3 Å². The first kappa shape index (κ1) is 14.0. The van der Waals surface area contributed by atoms with Crippen molar-refractivity contribution in [2.45, 2.75) is 42.8 Å². The van der Waals surface area contributed by atoms with E-state index in [1.165, 1.54) is 12.4 Å². The Hall–Kier alpha value is -0.960. The summed E-state index contributed by atoms with van der Waals surface area (Å²) in [6.07, 6.45) is 6.06. The fourth-order valence-corrected chi connectivity index (χ4v) is 4.48. The van der Waals surface area contributed by atoms with Crippen molar-refractivity contribution in [1.29, 1.82) is 0 Å². The second-order valence-electron chi connectivity index (χ2n) is 5.49. The van der Waals surface area contributed by atoms with Crippen LogP contribution in [0, 0.1) is 0 Å². The molecule has 0 amide bonds. The maximum Gasteiger partial charge on any atom is 0.243 e. The number of nitrogens with one attached hydrogen (secondary N) is 1. The molecule has 2 unspecified atom stereocenters. The van der Waals surface area contributed by atoms with Crippen molar-refractivity contribution in [3.05, 3.63) is 12.4 Å². The molecule has 3 heterocycles. The van der Waals surface area contributed by atoms with E-state index in [2.05, 4.69) is 14.7 Å². The molecule has 2 atom stereocenters. The SMILES string of the molecule is NCCn1cc(S(=O)(=O)NC2CCN3CCCC23)cn1. The molecule has 3 N–H and O–H groups in total. The predicted molar refractivity (Wildman–Crippen MR) is 74.6 cm³/mol. The molecule has 0 saturated carbocycles. The van der Waals surface area contributed by atoms with Gasteiger partial charge in [0.15, 0.2) is 0 Å². The van der Waals surface area contributed by atoms with Crippen molar-refractivity contribution in [2.75, 3.05) is 19.6 Å². The van der Waals surface area contributed by atoms with Gasteiger partial charge in [0.25, 0.3) is 0 Å². The third-order valence-electron chi connectivity index (χ3n) is 4.19. The van der Waals surface area contributed by atoms with Crippen LogP contribution < -0.4 is 10.5 Å². The number of sulfonamides is 1. The molecular weight excluding hydrogens is 278 g/mol. The third kappa shape index (κ3) is 2.60. The Morgan fingerprint density at radius 2 is 2.25 bits per heavy atom. The molecule has 0 aromatic carbocycles. The van der Waals surface area contributed by atoms with E-state index < -0.39 is 10.0 Å². The summed E-state index contributed by atoms with van der Waals surface area (Å²) in [7, 11) is -3.48. The van der Waals surface area contributed by atoms with Crippen molar-refractivity contribution in [2.24, 2.45) is 5.73 Å². The standard InChI is InChI=1S/C12H21N5O2S/c13-4-7-17-9-10(8-14-17)20(18,19)15-11-3-6-16-5-1-2-12(11)16/h8-9,11-12,15H,1-7,13H2. The summed E-state index contributed by atoms with van der Waals surface area (Å²) in [5.41, 5.74) is 5.44. The number of nitrogens with zero attached hydrogens (tertiary/aromatic N) is 3. The van der Waals surface area contributed by atoms with Gasteiger partial charge in [0, 0.05) is 31.4 Å². The molecule has 0 aliphatic carbocycles. The first-order valence-corrected chi connectivity index (χ1v) is 8.57. The number of fused-ring (bicyclic) bond motifs is 1. The highest BCUT2D eigenvalue weighted by molar-refractivity contribution is 7.89. The lowest BCUT2D eigenvalue weighted by molar-refractivity contribution is 0.309. The normalized spacial score (nSPS) is 27.1. The van der Waals surface area contributed by atoms with Crippen LogP contribution in [-0.2, 0) is 16.6 Å². The number of rotatable bonds is 5. The minimum absolute atomic E-state index is 0.0281. The van der Waals surface area contributed by atoms with E-state index in [-0.39, 0.29) is 10.9 Å².